The highest BCUT2D eigenvalue weighted by Gasteiger charge is 2.15. The van der Waals surface area contributed by atoms with Crippen molar-refractivity contribution in [3.05, 3.63) is 188 Å². The topological polar surface area (TPSA) is 3.24 Å². The molecule has 1 heterocycles. The highest BCUT2D eigenvalue weighted by Crippen LogP contribution is 2.41. The molecule has 0 saturated carbocycles. The summed E-state index contributed by atoms with van der Waals surface area (Å²) in [5.41, 5.74) is 9.44. The number of hydrogen-bond acceptors (Lipinski definition) is 2. The van der Waals surface area contributed by atoms with Crippen molar-refractivity contribution >= 4 is 60.0 Å². The Bertz CT molecular complexity index is 2530. The van der Waals surface area contributed by atoms with Gasteiger partial charge in [-0.25, -0.2) is 0 Å². The summed E-state index contributed by atoms with van der Waals surface area (Å²) in [4.78, 5) is 3.63. The molecule has 226 valence electrons. The van der Waals surface area contributed by atoms with Crippen molar-refractivity contribution in [2.24, 2.45) is 0 Å². The van der Waals surface area contributed by atoms with Crippen LogP contribution in [-0.4, -0.2) is 0 Å². The van der Waals surface area contributed by atoms with E-state index in [4.69, 9.17) is 0 Å². The molecule has 0 radical (unpaired) electrons. The van der Waals surface area contributed by atoms with Crippen molar-refractivity contribution in [2.45, 2.75) is 0 Å². The van der Waals surface area contributed by atoms with Gasteiger partial charge in [-0.15, -0.1) is 11.3 Å². The molecule has 9 rings (SSSR count). The Morgan fingerprint density at radius 2 is 0.812 bits per heavy atom. The van der Waals surface area contributed by atoms with Gasteiger partial charge in [-0.3, -0.25) is 0 Å². The summed E-state index contributed by atoms with van der Waals surface area (Å²) in [6, 6.07) is 68.1. The van der Waals surface area contributed by atoms with Crippen LogP contribution in [0.5, 0.6) is 0 Å². The summed E-state index contributed by atoms with van der Waals surface area (Å²) in [7, 11) is 0. The smallest absolute Gasteiger partial charge is 0.0462 e. The quantitative estimate of drug-likeness (QED) is 0.177. The van der Waals surface area contributed by atoms with Gasteiger partial charge in [0, 0.05) is 32.0 Å². The molecule has 0 bridgehead atoms. The maximum atomic E-state index is 2.35. The number of thiophene rings is 1. The standard InChI is InChI=1S/C46H31NS/c1-2-8-32(9-3-1)34-16-23-40(24-17-34)47(41-25-18-35(19-26-41)39-15-14-33-10-4-5-12-38(33)30-39)42-27-20-37(21-28-42)46-31-44-43-13-7-6-11-36(43)22-29-45(44)48-46/h1-31H. The number of benzene rings is 8. The van der Waals surface area contributed by atoms with Crippen LogP contribution in [0.2, 0.25) is 0 Å². The van der Waals surface area contributed by atoms with Crippen molar-refractivity contribution in [1.82, 2.24) is 0 Å². The fraction of sp³-hybridized carbons (Fsp3) is 0. The van der Waals surface area contributed by atoms with E-state index in [-0.39, 0.29) is 0 Å². The molecule has 0 spiro atoms. The molecule has 1 aromatic heterocycles. The maximum absolute atomic E-state index is 2.35. The van der Waals surface area contributed by atoms with Gasteiger partial charge < -0.3 is 4.90 Å². The molecule has 0 fully saturated rings. The van der Waals surface area contributed by atoms with E-state index in [1.165, 1.54) is 64.3 Å². The van der Waals surface area contributed by atoms with Gasteiger partial charge in [-0.2, -0.15) is 0 Å². The summed E-state index contributed by atoms with van der Waals surface area (Å²) in [5, 5.41) is 6.43. The largest absolute Gasteiger partial charge is 0.311 e. The highest BCUT2D eigenvalue weighted by atomic mass is 32.1. The molecule has 0 aliphatic heterocycles. The van der Waals surface area contributed by atoms with Gasteiger partial charge in [0.15, 0.2) is 0 Å². The van der Waals surface area contributed by atoms with Crippen LogP contribution in [-0.2, 0) is 0 Å². The van der Waals surface area contributed by atoms with Gasteiger partial charge in [-0.05, 0) is 104 Å². The van der Waals surface area contributed by atoms with Crippen molar-refractivity contribution in [3.63, 3.8) is 0 Å². The molecule has 1 nitrogen and oxygen atoms in total. The first-order chi connectivity index (χ1) is 23.8. The third kappa shape index (κ3) is 5.23. The predicted molar refractivity (Wildman–Crippen MR) is 208 cm³/mol. The maximum Gasteiger partial charge on any atom is 0.0462 e. The Morgan fingerprint density at radius 3 is 1.50 bits per heavy atom. The molecular formula is C46H31NS. The molecule has 48 heavy (non-hydrogen) atoms. The third-order valence-electron chi connectivity index (χ3n) is 9.28. The predicted octanol–water partition coefficient (Wildman–Crippen LogP) is 13.7. The van der Waals surface area contributed by atoms with Gasteiger partial charge in [0.05, 0.1) is 0 Å². The van der Waals surface area contributed by atoms with Gasteiger partial charge in [0.2, 0.25) is 0 Å². The van der Waals surface area contributed by atoms with E-state index in [0.29, 0.717) is 0 Å². The van der Waals surface area contributed by atoms with E-state index in [2.05, 4.69) is 193 Å². The van der Waals surface area contributed by atoms with E-state index in [9.17, 15) is 0 Å². The van der Waals surface area contributed by atoms with Crippen molar-refractivity contribution in [1.29, 1.82) is 0 Å². The van der Waals surface area contributed by atoms with Crippen molar-refractivity contribution in [2.75, 3.05) is 4.90 Å². The number of anilines is 3. The van der Waals surface area contributed by atoms with Crippen molar-refractivity contribution < 1.29 is 0 Å². The summed E-state index contributed by atoms with van der Waals surface area (Å²) in [6.07, 6.45) is 0. The second-order valence-electron chi connectivity index (χ2n) is 12.2. The highest BCUT2D eigenvalue weighted by molar-refractivity contribution is 7.22. The van der Waals surface area contributed by atoms with Crippen LogP contribution in [0, 0.1) is 0 Å². The molecule has 0 unspecified atom stereocenters. The lowest BCUT2D eigenvalue weighted by atomic mass is 10.0. The average molecular weight is 630 g/mol. The SMILES string of the molecule is c1ccc(-c2ccc(N(c3ccc(-c4ccc5ccccc5c4)cc3)c3ccc(-c4cc5c(ccc6ccccc65)s4)cc3)cc2)cc1. The Kier molecular flexibility index (Phi) is 7.07. The lowest BCUT2D eigenvalue weighted by Gasteiger charge is -2.26. The minimum absolute atomic E-state index is 1.12. The second kappa shape index (κ2) is 12.0. The average Bonchev–Trinajstić information content (AvgIpc) is 3.61. The first kappa shape index (κ1) is 28.3. The zero-order valence-electron chi connectivity index (χ0n) is 26.3. The van der Waals surface area contributed by atoms with E-state index in [1.807, 2.05) is 11.3 Å². The Balaban J connectivity index is 1.09. The molecule has 9 aromatic rings. The molecule has 8 aromatic carbocycles. The lowest BCUT2D eigenvalue weighted by molar-refractivity contribution is 1.28. The zero-order valence-corrected chi connectivity index (χ0v) is 27.1. The van der Waals surface area contributed by atoms with Gasteiger partial charge in [0.1, 0.15) is 0 Å². The molecule has 0 saturated heterocycles. The summed E-state index contributed by atoms with van der Waals surface area (Å²) in [5.74, 6) is 0. The fourth-order valence-electron chi connectivity index (χ4n) is 6.76. The minimum Gasteiger partial charge on any atom is -0.311 e. The van der Waals surface area contributed by atoms with Crippen molar-refractivity contribution in [3.8, 4) is 32.7 Å². The Morgan fingerprint density at radius 1 is 0.312 bits per heavy atom. The van der Waals surface area contributed by atoms with Gasteiger partial charge >= 0.3 is 0 Å². The van der Waals surface area contributed by atoms with E-state index >= 15 is 0 Å². The first-order valence-electron chi connectivity index (χ1n) is 16.3. The van der Waals surface area contributed by atoms with Crippen LogP contribution >= 0.6 is 11.3 Å². The first-order valence-corrected chi connectivity index (χ1v) is 17.2. The summed E-state index contributed by atoms with van der Waals surface area (Å²) >= 11 is 1.86. The van der Waals surface area contributed by atoms with Gasteiger partial charge in [-0.1, -0.05) is 133 Å². The summed E-state index contributed by atoms with van der Waals surface area (Å²) < 4.78 is 1.32. The second-order valence-corrected chi connectivity index (χ2v) is 13.3. The van der Waals surface area contributed by atoms with Gasteiger partial charge in [0.25, 0.3) is 0 Å². The lowest BCUT2D eigenvalue weighted by Crippen LogP contribution is -2.09. The number of nitrogens with zero attached hydrogens (tertiary/aromatic N) is 1. The summed E-state index contributed by atoms with van der Waals surface area (Å²) in [6.45, 7) is 0. The van der Waals surface area contributed by atoms with Crippen LogP contribution in [0.3, 0.4) is 0 Å². The van der Waals surface area contributed by atoms with Crippen LogP contribution in [0.1, 0.15) is 0 Å². The fourth-order valence-corrected chi connectivity index (χ4v) is 7.84. The van der Waals surface area contributed by atoms with Crippen LogP contribution in [0.4, 0.5) is 17.1 Å². The van der Waals surface area contributed by atoms with E-state index in [1.54, 1.807) is 0 Å². The monoisotopic (exact) mass is 629 g/mol. The Labute approximate surface area is 284 Å². The molecular weight excluding hydrogens is 599 g/mol. The van der Waals surface area contributed by atoms with Crippen LogP contribution < -0.4 is 4.90 Å². The normalized spacial score (nSPS) is 11.3. The van der Waals surface area contributed by atoms with E-state index < -0.39 is 0 Å². The molecule has 0 N–H and O–H groups in total. The number of rotatable bonds is 6. The molecule has 0 aliphatic carbocycles. The third-order valence-corrected chi connectivity index (χ3v) is 10.4. The molecule has 2 heteroatoms. The van der Waals surface area contributed by atoms with E-state index in [0.717, 1.165) is 17.1 Å². The molecule has 0 aliphatic rings. The zero-order chi connectivity index (χ0) is 31.9. The minimum atomic E-state index is 1.12. The molecule has 0 amide bonds. The van der Waals surface area contributed by atoms with Crippen LogP contribution in [0.15, 0.2) is 188 Å². The Hall–Kier alpha value is -5.96. The van der Waals surface area contributed by atoms with Crippen LogP contribution in [0.25, 0.3) is 64.3 Å². The number of fused-ring (bicyclic) bond motifs is 4. The number of hydrogen-bond donors (Lipinski definition) is 0. The molecule has 0 atom stereocenters.